The van der Waals surface area contributed by atoms with E-state index in [-0.39, 0.29) is 21.5 Å². The van der Waals surface area contributed by atoms with Crippen molar-refractivity contribution in [2.45, 2.75) is 141 Å². The van der Waals surface area contributed by atoms with Gasteiger partial charge in [-0.1, -0.05) is 73.9 Å². The van der Waals surface area contributed by atoms with Gasteiger partial charge in [0, 0.05) is 96.6 Å². The maximum Gasteiger partial charge on any atom is 0.352 e. The first-order chi connectivity index (χ1) is 42.9. The zero-order valence-electron chi connectivity index (χ0n) is 53.1. The predicted octanol–water partition coefficient (Wildman–Crippen LogP) is 17.6. The summed E-state index contributed by atoms with van der Waals surface area (Å²) < 4.78 is 10.9. The summed E-state index contributed by atoms with van der Waals surface area (Å²) in [6, 6.07) is 24.5. The summed E-state index contributed by atoms with van der Waals surface area (Å²) in [7, 11) is 0. The zero-order chi connectivity index (χ0) is 65.2. The highest BCUT2D eigenvalue weighted by Crippen LogP contribution is 2.35. The standard InChI is InChI=1S/C15H20N4O2.C15H22N4.C10H10BrN3O2.C10H11BrN2.C8H7BrN2.C8H10BrN/c1-3-18-15(19(20)21)13-10-12(9-11(2)14(13)16-18)17-7-5-4-6-8-17;1-3-19-15(16)13-10-12(9-11(2)14(13)17-19)18-7-5-4-6-8-18;1-3-13-10(14(15)16)8-5-7(11)4-6(2)9(8)12-13;1-3-13-6-8-5-9(11)4-7(2)10(8)12-13;1-5-2-7(9)3-6-4-10-11-8(5)6;1-5-3-7(9)4-6(2)8(5)10/h9-10H,3-8H2,1-2H3;9-10H,3-8,16H2,1-2H3;4-5H,3H2,1-2H3;4-6H,3H2,1-2H3;2-4H,1H3,(H,10,11);3-4H,10H2,1-2H3. The lowest BCUT2D eigenvalue weighted by atomic mass is 10.1. The molecule has 90 heavy (non-hydrogen) atoms. The molecule has 0 radical (unpaired) electrons. The molecule has 2 aliphatic rings. The van der Waals surface area contributed by atoms with Crippen molar-refractivity contribution in [1.29, 1.82) is 0 Å². The van der Waals surface area contributed by atoms with Gasteiger partial charge in [0.15, 0.2) is 0 Å². The molecule has 2 saturated heterocycles. The third kappa shape index (κ3) is 16.0. The summed E-state index contributed by atoms with van der Waals surface area (Å²) in [6.45, 7) is 29.1. The van der Waals surface area contributed by atoms with Gasteiger partial charge < -0.3 is 41.5 Å². The van der Waals surface area contributed by atoms with Crippen molar-refractivity contribution in [2.24, 2.45) is 0 Å². The minimum Gasteiger partial charge on any atom is -0.398 e. The SMILES string of the molecule is CCn1cc2cc(Br)cc(C)c2n1.CCn1nc2c(C)cc(Br)cc2c1[N+](=O)[O-].CCn1nc2c(C)cc(N3CCCCC3)cc2c1N.CCn1nc2c(C)cc(N3CCCCC3)cc2c1[N+](=O)[O-].Cc1cc(Br)cc(C)c1N.Cc1cc(Br)cc2cn[nH]c12. The van der Waals surface area contributed by atoms with E-state index in [1.807, 2.05) is 87.4 Å². The van der Waals surface area contributed by atoms with Crippen molar-refractivity contribution < 1.29 is 9.85 Å². The van der Waals surface area contributed by atoms with Crippen molar-refractivity contribution in [3.05, 3.63) is 162 Å². The summed E-state index contributed by atoms with van der Waals surface area (Å²) in [5, 5.41) is 51.7. The van der Waals surface area contributed by atoms with Crippen LogP contribution >= 0.6 is 63.7 Å². The van der Waals surface area contributed by atoms with Crippen LogP contribution in [0.1, 0.15) is 105 Å². The first-order valence-electron chi connectivity index (χ1n) is 30.4. The molecule has 2 fully saturated rings. The summed E-state index contributed by atoms with van der Waals surface area (Å²) in [5.41, 5.74) is 27.7. The van der Waals surface area contributed by atoms with Crippen LogP contribution < -0.4 is 21.3 Å². The average Bonchev–Trinajstić information content (AvgIpc) is 2.01. The highest BCUT2D eigenvalue weighted by atomic mass is 79.9. The molecule has 13 rings (SSSR count). The van der Waals surface area contributed by atoms with Crippen LogP contribution in [0.4, 0.5) is 34.5 Å². The van der Waals surface area contributed by atoms with Crippen molar-refractivity contribution in [2.75, 3.05) is 47.4 Å². The van der Waals surface area contributed by atoms with Crippen molar-refractivity contribution in [3.63, 3.8) is 0 Å². The number of anilines is 4. The van der Waals surface area contributed by atoms with Gasteiger partial charge >= 0.3 is 11.6 Å². The number of nitro groups is 2. The van der Waals surface area contributed by atoms with Crippen molar-refractivity contribution in [1.82, 2.24) is 49.3 Å². The highest BCUT2D eigenvalue weighted by molar-refractivity contribution is 9.11. The second-order valence-electron chi connectivity index (χ2n) is 22.7. The lowest BCUT2D eigenvalue weighted by Crippen LogP contribution is -2.29. The normalized spacial score (nSPS) is 13.0. The number of fused-ring (bicyclic) bond motifs is 5. The Labute approximate surface area is 558 Å². The van der Waals surface area contributed by atoms with E-state index in [2.05, 4.69) is 181 Å². The molecule has 20 nitrogen and oxygen atoms in total. The third-order valence-electron chi connectivity index (χ3n) is 16.1. The van der Waals surface area contributed by atoms with Crippen molar-refractivity contribution in [3.8, 4) is 0 Å². The first kappa shape index (κ1) is 68.5. The molecule has 0 atom stereocenters. The molecule has 0 saturated carbocycles. The summed E-state index contributed by atoms with van der Waals surface area (Å²) in [4.78, 5) is 26.5. The lowest BCUT2D eigenvalue weighted by molar-refractivity contribution is -0.391. The van der Waals surface area contributed by atoms with E-state index in [0.29, 0.717) is 29.4 Å². The number of nitrogens with two attached hydrogens (primary N) is 2. The van der Waals surface area contributed by atoms with Gasteiger partial charge in [0.1, 0.15) is 40.7 Å². The number of hydrogen-bond acceptors (Lipinski definition) is 13. The molecule has 5 aromatic heterocycles. The molecule has 0 unspecified atom stereocenters. The molecule has 11 aromatic rings. The van der Waals surface area contributed by atoms with Gasteiger partial charge in [-0.25, -0.2) is 4.68 Å². The van der Waals surface area contributed by atoms with Crippen LogP contribution in [0.15, 0.2) is 103 Å². The molecule has 7 heterocycles. The van der Waals surface area contributed by atoms with Crippen LogP contribution in [0.5, 0.6) is 0 Å². The molecule has 0 spiro atoms. The first-order valence-corrected chi connectivity index (χ1v) is 33.6. The van der Waals surface area contributed by atoms with Crippen LogP contribution in [-0.2, 0) is 26.2 Å². The van der Waals surface area contributed by atoms with Gasteiger partial charge in [-0.3, -0.25) is 9.78 Å². The predicted molar refractivity (Wildman–Crippen MR) is 382 cm³/mol. The fraction of sp³-hybridized carbons (Fsp3) is 0.379. The Kier molecular flexibility index (Phi) is 23.3. The molecule has 2 aliphatic heterocycles. The van der Waals surface area contributed by atoms with Gasteiger partial charge in [0.2, 0.25) is 0 Å². The number of nitrogens with one attached hydrogen (secondary N) is 1. The molecule has 24 heteroatoms. The van der Waals surface area contributed by atoms with Crippen LogP contribution in [-0.4, -0.2) is 85.3 Å². The third-order valence-corrected chi connectivity index (χ3v) is 17.9. The molecule has 0 amide bonds. The molecular weight excluding hydrogens is 1400 g/mol. The Hall–Kier alpha value is -7.41. The van der Waals surface area contributed by atoms with Crippen LogP contribution in [0, 0.1) is 68.7 Å². The van der Waals surface area contributed by atoms with E-state index in [9.17, 15) is 20.2 Å². The number of aryl methyl sites for hydroxylation is 11. The molecule has 5 N–H and O–H groups in total. The minimum absolute atomic E-state index is 0.0573. The molecule has 0 aliphatic carbocycles. The fourth-order valence-electron chi connectivity index (χ4n) is 11.4. The maximum absolute atomic E-state index is 11.4. The number of benzene rings is 6. The number of halogens is 4. The Morgan fingerprint density at radius 3 is 1.36 bits per heavy atom. The molecule has 476 valence electrons. The van der Waals surface area contributed by atoms with E-state index in [1.54, 1.807) is 6.07 Å². The Balaban J connectivity index is 0.000000142. The van der Waals surface area contributed by atoms with Gasteiger partial charge in [-0.05, 0) is 236 Å². The van der Waals surface area contributed by atoms with Gasteiger partial charge in [-0.2, -0.15) is 15.3 Å². The van der Waals surface area contributed by atoms with Crippen molar-refractivity contribution >= 4 is 153 Å². The largest absolute Gasteiger partial charge is 0.398 e. The Morgan fingerprint density at radius 2 is 0.867 bits per heavy atom. The summed E-state index contributed by atoms with van der Waals surface area (Å²) >= 11 is 13.6. The number of H-pyrrole nitrogens is 1. The van der Waals surface area contributed by atoms with E-state index in [0.717, 1.165) is 129 Å². The van der Waals surface area contributed by atoms with E-state index < -0.39 is 0 Å². The smallest absolute Gasteiger partial charge is 0.352 e. The number of nitrogen functional groups attached to an aromatic ring is 2. The number of aromatic nitrogens is 10. The lowest BCUT2D eigenvalue weighted by Gasteiger charge is -2.29. The number of nitrogens with zero attached hydrogens (tertiary/aromatic N) is 13. The monoisotopic (exact) mass is 1480 g/mol. The summed E-state index contributed by atoms with van der Waals surface area (Å²) in [5.74, 6) is 0.954. The van der Waals surface area contributed by atoms with E-state index in [4.69, 9.17) is 11.5 Å². The minimum atomic E-state index is -0.384. The van der Waals surface area contributed by atoms with Gasteiger partial charge in [0.05, 0.1) is 22.7 Å². The maximum atomic E-state index is 11.4. The van der Waals surface area contributed by atoms with Crippen LogP contribution in [0.2, 0.25) is 0 Å². The fourth-order valence-corrected chi connectivity index (χ4v) is 13.9. The summed E-state index contributed by atoms with van der Waals surface area (Å²) in [6.07, 6.45) is 11.5. The molecular formula is C66H80Br4N16O4. The second kappa shape index (κ2) is 30.6. The zero-order valence-corrected chi connectivity index (χ0v) is 59.4. The topological polar surface area (TPSA) is 245 Å². The molecule has 0 bridgehead atoms. The Morgan fingerprint density at radius 1 is 0.467 bits per heavy atom. The van der Waals surface area contributed by atoms with E-state index >= 15 is 0 Å². The van der Waals surface area contributed by atoms with Gasteiger partial charge in [0.25, 0.3) is 0 Å². The number of hydrogen-bond donors (Lipinski definition) is 3. The quantitative estimate of drug-likeness (QED) is 0.0729. The van der Waals surface area contributed by atoms with Crippen LogP contribution in [0.3, 0.4) is 0 Å². The molecule has 6 aromatic carbocycles. The number of aromatic amines is 1. The second-order valence-corrected chi connectivity index (χ2v) is 26.3. The Bertz CT molecular complexity index is 4340. The number of piperidine rings is 2. The van der Waals surface area contributed by atoms with Crippen LogP contribution in [0.25, 0.3) is 54.5 Å². The number of rotatable bonds is 8. The average molecular weight is 1480 g/mol. The van der Waals surface area contributed by atoms with Gasteiger partial charge in [-0.15, -0.1) is 9.36 Å². The van der Waals surface area contributed by atoms with E-state index in [1.165, 1.54) is 75.7 Å². The highest BCUT2D eigenvalue weighted by Gasteiger charge is 2.25.